The fourth-order valence-corrected chi connectivity index (χ4v) is 4.21. The molecule has 3 rings (SSSR count). The molecule has 0 saturated heterocycles. The van der Waals surface area contributed by atoms with Gasteiger partial charge in [0.15, 0.2) is 5.78 Å². The molecule has 5 nitrogen and oxygen atoms in total. The quantitative estimate of drug-likeness (QED) is 0.361. The molecule has 0 saturated carbocycles. The molecule has 1 aromatic carbocycles. The van der Waals surface area contributed by atoms with E-state index < -0.39 is 0 Å². The van der Waals surface area contributed by atoms with E-state index in [1.807, 2.05) is 6.07 Å². The number of benzene rings is 1. The normalized spacial score (nSPS) is 15.9. The number of carbonyl (C=O) groups is 2. The van der Waals surface area contributed by atoms with E-state index in [1.165, 1.54) is 16.7 Å². The average Bonchev–Trinajstić information content (AvgIpc) is 2.88. The SMILES string of the molecule is Bc1cccc2c3c(n(CCCCCC(=O)NO)c12)CC(C)(C)CC3=O. The Morgan fingerprint density at radius 1 is 1.27 bits per heavy atom. The molecule has 0 atom stereocenters. The third kappa shape index (κ3) is 3.56. The lowest BCUT2D eigenvalue weighted by molar-refractivity contribution is -0.129. The predicted octanol–water partition coefficient (Wildman–Crippen LogP) is 2.12. The summed E-state index contributed by atoms with van der Waals surface area (Å²) in [5, 5.41) is 9.64. The van der Waals surface area contributed by atoms with Gasteiger partial charge in [-0.25, -0.2) is 5.48 Å². The zero-order valence-corrected chi connectivity index (χ0v) is 15.9. The summed E-state index contributed by atoms with van der Waals surface area (Å²) in [5.74, 6) is -0.0813. The number of carbonyl (C=O) groups excluding carboxylic acids is 2. The number of para-hydroxylation sites is 1. The number of nitrogens with one attached hydrogen (secondary N) is 1. The summed E-state index contributed by atoms with van der Waals surface area (Å²) in [7, 11) is 2.10. The number of unbranched alkanes of at least 4 members (excludes halogenated alkanes) is 2. The van der Waals surface area contributed by atoms with Crippen molar-refractivity contribution in [3.8, 4) is 0 Å². The van der Waals surface area contributed by atoms with Crippen LogP contribution in [-0.4, -0.2) is 29.3 Å². The van der Waals surface area contributed by atoms with E-state index in [1.54, 1.807) is 5.48 Å². The van der Waals surface area contributed by atoms with Gasteiger partial charge >= 0.3 is 0 Å². The summed E-state index contributed by atoms with van der Waals surface area (Å²) in [6.07, 6.45) is 4.45. The van der Waals surface area contributed by atoms with Crippen LogP contribution in [0, 0.1) is 5.41 Å². The molecule has 0 fully saturated rings. The van der Waals surface area contributed by atoms with Crippen molar-refractivity contribution in [3.05, 3.63) is 29.5 Å². The first-order valence-corrected chi connectivity index (χ1v) is 9.41. The topological polar surface area (TPSA) is 71.3 Å². The second kappa shape index (κ2) is 7.27. The number of Topliss-reactive ketones (excluding diaryl/α,β-unsaturated/α-hetero) is 1. The fraction of sp³-hybridized carbons (Fsp3) is 0.500. The molecule has 1 aliphatic carbocycles. The molecular weight excluding hydrogens is 327 g/mol. The first-order chi connectivity index (χ1) is 12.3. The molecular formula is C20H27BN2O3. The van der Waals surface area contributed by atoms with Crippen molar-refractivity contribution >= 4 is 35.9 Å². The van der Waals surface area contributed by atoms with E-state index in [0.717, 1.165) is 43.2 Å². The molecule has 1 aliphatic rings. The minimum absolute atomic E-state index is 0.0106. The third-order valence-corrected chi connectivity index (χ3v) is 5.37. The highest BCUT2D eigenvalue weighted by molar-refractivity contribution is 6.39. The van der Waals surface area contributed by atoms with E-state index in [-0.39, 0.29) is 17.1 Å². The first kappa shape index (κ1) is 18.7. The van der Waals surface area contributed by atoms with E-state index >= 15 is 0 Å². The second-order valence-corrected chi connectivity index (χ2v) is 8.23. The van der Waals surface area contributed by atoms with Crippen molar-refractivity contribution in [3.63, 3.8) is 0 Å². The summed E-state index contributed by atoms with van der Waals surface area (Å²) in [5.41, 5.74) is 6.13. The Kier molecular flexibility index (Phi) is 5.23. The molecule has 0 radical (unpaired) electrons. The number of hydroxylamine groups is 1. The summed E-state index contributed by atoms with van der Waals surface area (Å²) in [6.45, 7) is 5.17. The van der Waals surface area contributed by atoms with Gasteiger partial charge in [-0.3, -0.25) is 14.8 Å². The van der Waals surface area contributed by atoms with Crippen molar-refractivity contribution in [2.24, 2.45) is 5.41 Å². The van der Waals surface area contributed by atoms with Crippen LogP contribution in [0.4, 0.5) is 0 Å². The van der Waals surface area contributed by atoms with Gasteiger partial charge in [-0.15, -0.1) is 0 Å². The number of hydrogen-bond acceptors (Lipinski definition) is 3. The Morgan fingerprint density at radius 3 is 2.77 bits per heavy atom. The lowest BCUT2D eigenvalue weighted by atomic mass is 9.75. The molecule has 0 bridgehead atoms. The summed E-state index contributed by atoms with van der Waals surface area (Å²) < 4.78 is 2.34. The summed E-state index contributed by atoms with van der Waals surface area (Å²) >= 11 is 0. The maximum atomic E-state index is 12.8. The number of hydrogen-bond donors (Lipinski definition) is 2. The van der Waals surface area contributed by atoms with Gasteiger partial charge in [0.1, 0.15) is 7.85 Å². The number of nitrogens with zero attached hydrogens (tertiary/aromatic N) is 1. The van der Waals surface area contributed by atoms with Crippen molar-refractivity contribution in [1.82, 2.24) is 10.0 Å². The van der Waals surface area contributed by atoms with Gasteiger partial charge < -0.3 is 4.57 Å². The molecule has 0 unspecified atom stereocenters. The Bertz CT molecular complexity index is 854. The van der Waals surface area contributed by atoms with Crippen LogP contribution >= 0.6 is 0 Å². The number of rotatable bonds is 6. The maximum Gasteiger partial charge on any atom is 0.243 e. The average molecular weight is 354 g/mol. The highest BCUT2D eigenvalue weighted by Crippen LogP contribution is 2.39. The smallest absolute Gasteiger partial charge is 0.243 e. The number of amides is 1. The van der Waals surface area contributed by atoms with E-state index in [4.69, 9.17) is 5.21 Å². The molecule has 138 valence electrons. The van der Waals surface area contributed by atoms with E-state index in [9.17, 15) is 9.59 Å². The molecule has 26 heavy (non-hydrogen) atoms. The maximum absolute atomic E-state index is 12.8. The summed E-state index contributed by atoms with van der Waals surface area (Å²) in [4.78, 5) is 24.0. The van der Waals surface area contributed by atoms with Gasteiger partial charge in [-0.1, -0.05) is 43.9 Å². The number of fused-ring (bicyclic) bond motifs is 3. The first-order valence-electron chi connectivity index (χ1n) is 9.41. The van der Waals surface area contributed by atoms with Crippen LogP contribution in [0.1, 0.15) is 62.0 Å². The third-order valence-electron chi connectivity index (χ3n) is 5.37. The molecule has 6 heteroatoms. The van der Waals surface area contributed by atoms with E-state index in [2.05, 4.69) is 38.4 Å². The van der Waals surface area contributed by atoms with Crippen molar-refractivity contribution < 1.29 is 14.8 Å². The minimum Gasteiger partial charge on any atom is -0.344 e. The Morgan fingerprint density at radius 2 is 2.04 bits per heavy atom. The molecule has 1 amide bonds. The molecule has 1 heterocycles. The van der Waals surface area contributed by atoms with Crippen LogP contribution in [0.15, 0.2) is 18.2 Å². The summed E-state index contributed by atoms with van der Waals surface area (Å²) in [6, 6.07) is 6.20. The van der Waals surface area contributed by atoms with Crippen LogP contribution in [0.3, 0.4) is 0 Å². The largest absolute Gasteiger partial charge is 0.344 e. The van der Waals surface area contributed by atoms with Crippen molar-refractivity contribution in [1.29, 1.82) is 0 Å². The molecule has 1 aromatic heterocycles. The minimum atomic E-state index is -0.336. The highest BCUT2D eigenvalue weighted by Gasteiger charge is 2.35. The lowest BCUT2D eigenvalue weighted by Crippen LogP contribution is -2.28. The Labute approximate surface area is 155 Å². The van der Waals surface area contributed by atoms with Gasteiger partial charge in [-0.2, -0.15) is 0 Å². The van der Waals surface area contributed by atoms with Crippen LogP contribution in [0.5, 0.6) is 0 Å². The zero-order valence-electron chi connectivity index (χ0n) is 15.9. The standard InChI is InChI=1S/C20H27BN2O3/c1-20(2)11-15-18(16(24)12-20)13-7-6-8-14(21)19(13)23(15)10-5-3-4-9-17(25)22-26/h6-8,26H,3-5,9-12,21H2,1-2H3,(H,22,25). The van der Waals surface area contributed by atoms with Crippen molar-refractivity contribution in [2.75, 3.05) is 0 Å². The molecule has 0 aliphatic heterocycles. The molecule has 2 N–H and O–H groups in total. The van der Waals surface area contributed by atoms with E-state index in [0.29, 0.717) is 12.8 Å². The number of ketones is 1. The molecule has 0 spiro atoms. The van der Waals surface area contributed by atoms with Crippen LogP contribution in [0.2, 0.25) is 0 Å². The van der Waals surface area contributed by atoms with Gasteiger partial charge in [0.25, 0.3) is 0 Å². The number of aromatic nitrogens is 1. The second-order valence-electron chi connectivity index (χ2n) is 8.23. The molecule has 2 aromatic rings. The fourth-order valence-electron chi connectivity index (χ4n) is 4.21. The number of aryl methyl sites for hydroxylation is 1. The highest BCUT2D eigenvalue weighted by atomic mass is 16.5. The van der Waals surface area contributed by atoms with Crippen LogP contribution < -0.4 is 10.9 Å². The zero-order chi connectivity index (χ0) is 18.9. The Balaban J connectivity index is 1.89. The van der Waals surface area contributed by atoms with Crippen LogP contribution in [0.25, 0.3) is 10.9 Å². The van der Waals surface area contributed by atoms with Gasteiger partial charge in [0.05, 0.1) is 0 Å². The van der Waals surface area contributed by atoms with Gasteiger partial charge in [0, 0.05) is 41.5 Å². The predicted molar refractivity (Wildman–Crippen MR) is 105 cm³/mol. The van der Waals surface area contributed by atoms with Gasteiger partial charge in [0.2, 0.25) is 5.91 Å². The lowest BCUT2D eigenvalue weighted by Gasteiger charge is -2.30. The monoisotopic (exact) mass is 354 g/mol. The van der Waals surface area contributed by atoms with Crippen molar-refractivity contribution in [2.45, 2.75) is 58.9 Å². The Hall–Kier alpha value is -2.08. The van der Waals surface area contributed by atoms with Gasteiger partial charge in [-0.05, 0) is 24.7 Å². The van der Waals surface area contributed by atoms with Crippen LogP contribution in [-0.2, 0) is 17.8 Å².